The highest BCUT2D eigenvalue weighted by Gasteiger charge is 2.09. The van der Waals surface area contributed by atoms with E-state index >= 15 is 0 Å². The van der Waals surface area contributed by atoms with Crippen LogP contribution >= 0.6 is 27.3 Å². The minimum atomic E-state index is 0.457. The molecule has 3 heteroatoms. The number of aryl methyl sites for hydroxylation is 2. The smallest absolute Gasteiger partial charge is 0.118 e. The Morgan fingerprint density at radius 1 is 1.17 bits per heavy atom. The normalized spacial score (nSPS) is 12.4. The minimum Gasteiger partial charge on any atom is -0.497 e. The fourth-order valence-electron chi connectivity index (χ4n) is 1.85. The Morgan fingerprint density at radius 2 is 1.89 bits per heavy atom. The molecule has 1 nitrogen and oxygen atoms in total. The molecule has 96 valence electrons. The molecule has 0 fully saturated rings. The number of alkyl halides is 1. The van der Waals surface area contributed by atoms with Crippen LogP contribution in [0.1, 0.15) is 26.6 Å². The van der Waals surface area contributed by atoms with Gasteiger partial charge in [-0.3, -0.25) is 0 Å². The first-order valence-corrected chi connectivity index (χ1v) is 7.75. The zero-order chi connectivity index (χ0) is 13.0. The van der Waals surface area contributed by atoms with Crippen LogP contribution in [0.3, 0.4) is 0 Å². The van der Waals surface area contributed by atoms with Crippen molar-refractivity contribution in [3.8, 4) is 5.75 Å². The molecular weight excluding hydrogens is 308 g/mol. The Bertz CT molecular complexity index is 489. The van der Waals surface area contributed by atoms with E-state index in [0.29, 0.717) is 4.83 Å². The molecule has 1 aromatic carbocycles. The third kappa shape index (κ3) is 3.59. The monoisotopic (exact) mass is 324 g/mol. The molecule has 0 aliphatic carbocycles. The van der Waals surface area contributed by atoms with Crippen molar-refractivity contribution in [2.24, 2.45) is 0 Å². The predicted molar refractivity (Wildman–Crippen MR) is 82.0 cm³/mol. The second-order valence-electron chi connectivity index (χ2n) is 4.30. The van der Waals surface area contributed by atoms with Gasteiger partial charge in [0, 0.05) is 14.6 Å². The first-order chi connectivity index (χ1) is 8.69. The van der Waals surface area contributed by atoms with Crippen molar-refractivity contribution < 1.29 is 4.74 Å². The summed E-state index contributed by atoms with van der Waals surface area (Å²) in [5.74, 6) is 0.919. The lowest BCUT2D eigenvalue weighted by Crippen LogP contribution is -1.91. The molecule has 0 saturated carbocycles. The maximum Gasteiger partial charge on any atom is 0.118 e. The van der Waals surface area contributed by atoms with Crippen LogP contribution in [0.2, 0.25) is 0 Å². The largest absolute Gasteiger partial charge is 0.497 e. The number of halogens is 1. The number of benzene rings is 1. The van der Waals surface area contributed by atoms with Gasteiger partial charge in [-0.2, -0.15) is 0 Å². The second-order valence-corrected chi connectivity index (χ2v) is 6.73. The Balaban J connectivity index is 1.90. The molecule has 2 rings (SSSR count). The van der Waals surface area contributed by atoms with Gasteiger partial charge in [-0.25, -0.2) is 0 Å². The molecule has 18 heavy (non-hydrogen) atoms. The number of hydrogen-bond acceptors (Lipinski definition) is 2. The van der Waals surface area contributed by atoms with Gasteiger partial charge in [-0.15, -0.1) is 11.3 Å². The maximum absolute atomic E-state index is 5.16. The summed E-state index contributed by atoms with van der Waals surface area (Å²) in [4.78, 5) is 3.25. The van der Waals surface area contributed by atoms with E-state index in [1.165, 1.54) is 15.3 Å². The Hall–Kier alpha value is -0.800. The molecule has 1 aromatic heterocycles. The van der Waals surface area contributed by atoms with Crippen molar-refractivity contribution in [3.05, 3.63) is 51.7 Å². The van der Waals surface area contributed by atoms with Crippen molar-refractivity contribution in [1.82, 2.24) is 0 Å². The summed E-state index contributed by atoms with van der Waals surface area (Å²) < 4.78 is 5.16. The molecule has 1 atom stereocenters. The van der Waals surface area contributed by atoms with E-state index in [1.807, 2.05) is 23.5 Å². The minimum absolute atomic E-state index is 0.457. The van der Waals surface area contributed by atoms with E-state index < -0.39 is 0 Å². The van der Waals surface area contributed by atoms with E-state index in [1.54, 1.807) is 7.11 Å². The summed E-state index contributed by atoms with van der Waals surface area (Å²) in [5, 5.41) is 0. The summed E-state index contributed by atoms with van der Waals surface area (Å²) in [7, 11) is 1.70. The summed E-state index contributed by atoms with van der Waals surface area (Å²) in [6.07, 6.45) is 2.20. The van der Waals surface area contributed by atoms with E-state index in [4.69, 9.17) is 4.74 Å². The molecule has 0 aliphatic rings. The number of methoxy groups -OCH3 is 1. The first kappa shape index (κ1) is 13.6. The summed E-state index contributed by atoms with van der Waals surface area (Å²) >= 11 is 5.64. The van der Waals surface area contributed by atoms with E-state index in [9.17, 15) is 0 Å². The highest BCUT2D eigenvalue weighted by Crippen LogP contribution is 2.33. The van der Waals surface area contributed by atoms with Gasteiger partial charge in [-0.05, 0) is 49.6 Å². The van der Waals surface area contributed by atoms with Gasteiger partial charge >= 0.3 is 0 Å². The van der Waals surface area contributed by atoms with Crippen molar-refractivity contribution in [3.63, 3.8) is 0 Å². The lowest BCUT2D eigenvalue weighted by atomic mass is 10.1. The van der Waals surface area contributed by atoms with Gasteiger partial charge < -0.3 is 4.74 Å². The molecule has 0 amide bonds. The molecule has 1 heterocycles. The number of rotatable bonds is 5. The average Bonchev–Trinajstić information content (AvgIpc) is 2.83. The van der Waals surface area contributed by atoms with Crippen LogP contribution in [0, 0.1) is 6.92 Å². The molecule has 0 radical (unpaired) electrons. The molecule has 0 N–H and O–H groups in total. The van der Waals surface area contributed by atoms with Crippen LogP contribution in [0.15, 0.2) is 36.4 Å². The molecule has 2 aromatic rings. The topological polar surface area (TPSA) is 9.23 Å². The zero-order valence-corrected chi connectivity index (χ0v) is 13.1. The standard InChI is InChI=1S/C15H17BrOS/c1-11-3-10-15(18-11)14(16)9-6-12-4-7-13(17-2)8-5-12/h3-5,7-8,10,14H,6,9H2,1-2H3. The van der Waals surface area contributed by atoms with E-state index in [2.05, 4.69) is 47.1 Å². The maximum atomic E-state index is 5.16. The molecular formula is C15H17BrOS. The molecule has 0 bridgehead atoms. The first-order valence-electron chi connectivity index (χ1n) is 6.02. The van der Waals surface area contributed by atoms with Gasteiger partial charge in [0.2, 0.25) is 0 Å². The molecule has 0 saturated heterocycles. The van der Waals surface area contributed by atoms with Crippen LogP contribution in [0.4, 0.5) is 0 Å². The summed E-state index contributed by atoms with van der Waals surface area (Å²) in [6.45, 7) is 2.15. The van der Waals surface area contributed by atoms with Crippen molar-refractivity contribution in [1.29, 1.82) is 0 Å². The van der Waals surface area contributed by atoms with Gasteiger partial charge in [0.15, 0.2) is 0 Å². The Labute approximate surface area is 121 Å². The average molecular weight is 325 g/mol. The van der Waals surface area contributed by atoms with E-state index in [-0.39, 0.29) is 0 Å². The van der Waals surface area contributed by atoms with Gasteiger partial charge in [0.05, 0.1) is 7.11 Å². The highest BCUT2D eigenvalue weighted by atomic mass is 79.9. The summed E-state index contributed by atoms with van der Waals surface area (Å²) in [5.41, 5.74) is 1.36. The molecule has 1 unspecified atom stereocenters. The predicted octanol–water partition coefficient (Wildman–Crippen LogP) is 5.13. The van der Waals surface area contributed by atoms with Crippen LogP contribution in [0.5, 0.6) is 5.75 Å². The van der Waals surface area contributed by atoms with Crippen molar-refractivity contribution in [2.45, 2.75) is 24.6 Å². The number of thiophene rings is 1. The van der Waals surface area contributed by atoms with Crippen LogP contribution in [0.25, 0.3) is 0 Å². The summed E-state index contributed by atoms with van der Waals surface area (Å²) in [6, 6.07) is 12.7. The molecule has 0 aliphatic heterocycles. The SMILES string of the molecule is COc1ccc(CCC(Br)c2ccc(C)s2)cc1. The van der Waals surface area contributed by atoms with Crippen LogP contribution in [-0.2, 0) is 6.42 Å². The van der Waals surface area contributed by atoms with Gasteiger partial charge in [0.25, 0.3) is 0 Å². The van der Waals surface area contributed by atoms with Crippen LogP contribution < -0.4 is 4.74 Å². The number of ether oxygens (including phenoxy) is 1. The second kappa shape index (κ2) is 6.39. The fourth-order valence-corrected chi connectivity index (χ4v) is 3.40. The Kier molecular flexibility index (Phi) is 4.84. The quantitative estimate of drug-likeness (QED) is 0.692. The number of hydrogen-bond donors (Lipinski definition) is 0. The van der Waals surface area contributed by atoms with Crippen molar-refractivity contribution >= 4 is 27.3 Å². The third-order valence-corrected chi connectivity index (χ3v) is 5.28. The van der Waals surface area contributed by atoms with Crippen molar-refractivity contribution in [2.75, 3.05) is 7.11 Å². The lowest BCUT2D eigenvalue weighted by molar-refractivity contribution is 0.414. The molecule has 0 spiro atoms. The zero-order valence-electron chi connectivity index (χ0n) is 10.7. The fraction of sp³-hybridized carbons (Fsp3) is 0.333. The lowest BCUT2D eigenvalue weighted by Gasteiger charge is -2.08. The Morgan fingerprint density at radius 3 is 2.44 bits per heavy atom. The van der Waals surface area contributed by atoms with Crippen LogP contribution in [-0.4, -0.2) is 7.11 Å². The van der Waals surface area contributed by atoms with E-state index in [0.717, 1.165) is 18.6 Å². The van der Waals surface area contributed by atoms with Gasteiger partial charge in [0.1, 0.15) is 5.75 Å². The third-order valence-electron chi connectivity index (χ3n) is 2.92. The highest BCUT2D eigenvalue weighted by molar-refractivity contribution is 9.09. The van der Waals surface area contributed by atoms with Gasteiger partial charge in [-0.1, -0.05) is 28.1 Å².